The number of nitrogens with one attached hydrogen (secondary N) is 3. The molecule has 5 aromatic rings. The number of benzene rings is 1. The second-order valence-corrected chi connectivity index (χ2v) is 11.9. The van der Waals surface area contributed by atoms with Gasteiger partial charge in [0.15, 0.2) is 12.1 Å². The number of rotatable bonds is 12. The highest BCUT2D eigenvalue weighted by Crippen LogP contribution is 2.32. The molecule has 16 nitrogen and oxygen atoms in total. The molecule has 50 heavy (non-hydrogen) atoms. The van der Waals surface area contributed by atoms with E-state index in [4.69, 9.17) is 10.7 Å². The summed E-state index contributed by atoms with van der Waals surface area (Å²) in [7, 11) is 0. The Balaban J connectivity index is 1.28. The number of fused-ring (bicyclic) bond motifs is 2. The summed E-state index contributed by atoms with van der Waals surface area (Å²) in [5, 5.41) is 18.0. The van der Waals surface area contributed by atoms with Crippen molar-refractivity contribution in [2.75, 3.05) is 22.1 Å². The lowest BCUT2D eigenvalue weighted by molar-refractivity contribution is 0.0929. The van der Waals surface area contributed by atoms with E-state index in [0.29, 0.717) is 66.1 Å². The Labute approximate surface area is 287 Å². The minimum atomic E-state index is -0.710. The molecule has 0 saturated carbocycles. The van der Waals surface area contributed by atoms with E-state index in [9.17, 15) is 19.2 Å². The van der Waals surface area contributed by atoms with E-state index in [-0.39, 0.29) is 17.4 Å². The maximum atomic E-state index is 13.4. The fourth-order valence-corrected chi connectivity index (χ4v) is 6.10. The predicted molar refractivity (Wildman–Crippen MR) is 187 cm³/mol. The second kappa shape index (κ2) is 13.7. The summed E-state index contributed by atoms with van der Waals surface area (Å²) >= 11 is 0. The van der Waals surface area contributed by atoms with Crippen LogP contribution in [0.2, 0.25) is 0 Å². The van der Waals surface area contributed by atoms with Crippen molar-refractivity contribution in [2.45, 2.75) is 60.5 Å². The van der Waals surface area contributed by atoms with Gasteiger partial charge in [-0.3, -0.25) is 33.9 Å². The Morgan fingerprint density at radius 1 is 0.920 bits per heavy atom. The lowest BCUT2D eigenvalue weighted by Crippen LogP contribution is -2.50. The highest BCUT2D eigenvalue weighted by Gasteiger charge is 2.32. The van der Waals surface area contributed by atoms with Crippen LogP contribution in [0.15, 0.2) is 48.7 Å². The van der Waals surface area contributed by atoms with Crippen LogP contribution in [-0.2, 0) is 19.6 Å². The number of primary amides is 1. The normalized spacial score (nSPS) is 13.9. The quantitative estimate of drug-likeness (QED) is 0.112. The Hall–Kier alpha value is -6.32. The smallest absolute Gasteiger partial charge is 0.276 e. The number of amides is 3. The van der Waals surface area contributed by atoms with Crippen LogP contribution in [-0.4, -0.2) is 70.9 Å². The molecule has 258 valence electrons. The van der Waals surface area contributed by atoms with Crippen LogP contribution >= 0.6 is 0 Å². The Morgan fingerprint density at radius 3 is 2.22 bits per heavy atom. The summed E-state index contributed by atoms with van der Waals surface area (Å²) in [5.41, 5.74) is 11.1. The van der Waals surface area contributed by atoms with Gasteiger partial charge in [0.2, 0.25) is 11.9 Å². The number of carbonyl (C=O) groups excluding carboxylic acids is 4. The van der Waals surface area contributed by atoms with Gasteiger partial charge in [0.25, 0.3) is 11.8 Å². The Kier molecular flexibility index (Phi) is 9.17. The Morgan fingerprint density at radius 2 is 1.58 bits per heavy atom. The minimum absolute atomic E-state index is 0.227. The molecule has 6 rings (SSSR count). The fourth-order valence-electron chi connectivity index (χ4n) is 6.10. The lowest BCUT2D eigenvalue weighted by Gasteiger charge is -2.25. The molecule has 1 atom stereocenters. The van der Waals surface area contributed by atoms with Crippen LogP contribution < -0.4 is 26.6 Å². The van der Waals surface area contributed by atoms with Crippen molar-refractivity contribution in [3.8, 4) is 0 Å². The van der Waals surface area contributed by atoms with Gasteiger partial charge in [-0.05, 0) is 70.5 Å². The van der Waals surface area contributed by atoms with Gasteiger partial charge in [0.1, 0.15) is 17.7 Å². The first kappa shape index (κ1) is 33.6. The van der Waals surface area contributed by atoms with Crippen molar-refractivity contribution in [3.63, 3.8) is 0 Å². The molecule has 1 aliphatic rings. The van der Waals surface area contributed by atoms with Gasteiger partial charge in [0.05, 0.1) is 33.7 Å². The highest BCUT2D eigenvalue weighted by molar-refractivity contribution is 6.03. The van der Waals surface area contributed by atoms with Crippen LogP contribution in [0.3, 0.4) is 0 Å². The summed E-state index contributed by atoms with van der Waals surface area (Å²) in [6.07, 6.45) is 5.27. The van der Waals surface area contributed by atoms with Crippen LogP contribution in [0.5, 0.6) is 0 Å². The molecule has 5 heterocycles. The highest BCUT2D eigenvalue weighted by atomic mass is 16.2. The molecule has 1 unspecified atom stereocenters. The molecule has 1 aromatic carbocycles. The monoisotopic (exact) mass is 678 g/mol. The number of anilines is 3. The molecular formula is C34H38N12O4. The van der Waals surface area contributed by atoms with Crippen molar-refractivity contribution in [1.82, 2.24) is 39.4 Å². The predicted octanol–water partition coefficient (Wildman–Crippen LogP) is 3.15. The zero-order chi connectivity index (χ0) is 35.7. The molecule has 0 bridgehead atoms. The first-order chi connectivity index (χ1) is 24.0. The molecule has 0 fully saturated rings. The maximum Gasteiger partial charge on any atom is 0.276 e. The van der Waals surface area contributed by atoms with Gasteiger partial charge in [-0.2, -0.15) is 10.2 Å². The van der Waals surface area contributed by atoms with Crippen molar-refractivity contribution in [2.24, 2.45) is 5.73 Å². The van der Waals surface area contributed by atoms with Gasteiger partial charge in [-0.1, -0.05) is 12.2 Å². The zero-order valence-electron chi connectivity index (χ0n) is 28.4. The van der Waals surface area contributed by atoms with Crippen molar-refractivity contribution >= 4 is 52.5 Å². The molecule has 0 radical (unpaired) electrons. The summed E-state index contributed by atoms with van der Waals surface area (Å²) in [6.45, 7) is 11.0. The molecule has 0 saturated heterocycles. The number of carbonyl (C=O) groups is 4. The van der Waals surface area contributed by atoms with E-state index < -0.39 is 12.2 Å². The number of aromatic nitrogens is 7. The molecule has 1 aliphatic heterocycles. The van der Waals surface area contributed by atoms with Gasteiger partial charge in [-0.15, -0.1) is 0 Å². The molecular weight excluding hydrogens is 640 g/mol. The number of pyridine rings is 1. The number of aryl methyl sites for hydroxylation is 5. The van der Waals surface area contributed by atoms with Gasteiger partial charge >= 0.3 is 0 Å². The Bertz CT molecular complexity index is 2180. The van der Waals surface area contributed by atoms with Gasteiger partial charge in [-0.25, -0.2) is 9.97 Å². The number of nitrogens with two attached hydrogens (primary N) is 1. The van der Waals surface area contributed by atoms with Crippen LogP contribution in [0.1, 0.15) is 72.5 Å². The third-order valence-electron chi connectivity index (χ3n) is 8.34. The molecule has 0 aliphatic carbocycles. The zero-order valence-corrected chi connectivity index (χ0v) is 28.4. The largest absolute Gasteiger partial charge is 0.366 e. The number of hydrogen-bond donors (Lipinski definition) is 4. The molecule has 4 aromatic heterocycles. The molecule has 3 amide bonds. The van der Waals surface area contributed by atoms with Crippen LogP contribution in [0.4, 0.5) is 17.5 Å². The number of imidazole rings is 1. The standard InChI is InChI=1S/C34H38N12O4/c1-6-45-26(13-20(4)41-45)31(49)39-33-37-24-15-22(18-47)12-19(3)28(24)43(33)10-8-9-11-44-30-25(16-23(17-36-30)29(35)48)38-34(44)40-32(50)27-14-21(5)42-46(27)7-2/h8-9,12-18,34,38H,6-7,10-11H2,1-5H3,(H2,35,48)(H,40,50)(H,37,39,49)/b9-8+. The van der Waals surface area contributed by atoms with Crippen LogP contribution in [0.25, 0.3) is 11.0 Å². The minimum Gasteiger partial charge on any atom is -0.366 e. The van der Waals surface area contributed by atoms with Crippen LogP contribution in [0, 0.1) is 20.8 Å². The topological polar surface area (TPSA) is 200 Å². The molecule has 0 spiro atoms. The molecule has 16 heteroatoms. The summed E-state index contributed by atoms with van der Waals surface area (Å²) in [4.78, 5) is 61.3. The van der Waals surface area contributed by atoms with Crippen molar-refractivity contribution in [3.05, 3.63) is 88.1 Å². The lowest BCUT2D eigenvalue weighted by atomic mass is 10.1. The maximum absolute atomic E-state index is 13.4. The van der Waals surface area contributed by atoms with Gasteiger partial charge < -0.3 is 25.8 Å². The average molecular weight is 679 g/mol. The van der Waals surface area contributed by atoms with E-state index in [1.807, 2.05) is 56.2 Å². The van der Waals surface area contributed by atoms with Gasteiger partial charge in [0, 0.05) is 37.9 Å². The number of nitrogens with zero attached hydrogens (tertiary/aromatic N) is 8. The van der Waals surface area contributed by atoms with E-state index in [2.05, 4.69) is 31.1 Å². The number of hydrogen-bond acceptors (Lipinski definition) is 10. The number of allylic oxidation sites excluding steroid dienone is 1. The third kappa shape index (κ3) is 6.42. The van der Waals surface area contributed by atoms with E-state index in [1.54, 1.807) is 39.7 Å². The van der Waals surface area contributed by atoms with E-state index in [0.717, 1.165) is 28.8 Å². The molecule has 5 N–H and O–H groups in total. The first-order valence-corrected chi connectivity index (χ1v) is 16.2. The van der Waals surface area contributed by atoms with Crippen molar-refractivity contribution in [1.29, 1.82) is 0 Å². The second-order valence-electron chi connectivity index (χ2n) is 11.9. The number of aldehydes is 1. The summed E-state index contributed by atoms with van der Waals surface area (Å²) in [5.74, 6) is -0.489. The fraction of sp³-hybridized carbons (Fsp3) is 0.294. The first-order valence-electron chi connectivity index (χ1n) is 16.2. The van der Waals surface area contributed by atoms with E-state index >= 15 is 0 Å². The SMILES string of the molecule is CCn1nc(C)cc1C(=O)Nc1nc2cc(C=O)cc(C)c2n1C/C=C/CN1c2ncc(C(N)=O)cc2NC1NC(=O)c1cc(C)nn1CC. The van der Waals surface area contributed by atoms with E-state index in [1.165, 1.54) is 6.20 Å². The third-order valence-corrected chi connectivity index (χ3v) is 8.34. The average Bonchev–Trinajstić information content (AvgIpc) is 3.85. The van der Waals surface area contributed by atoms with Crippen molar-refractivity contribution < 1.29 is 19.2 Å². The summed E-state index contributed by atoms with van der Waals surface area (Å²) < 4.78 is 5.12. The summed E-state index contributed by atoms with van der Waals surface area (Å²) in [6, 6.07) is 8.50.